The van der Waals surface area contributed by atoms with Crippen LogP contribution in [0.4, 0.5) is 0 Å². The molecule has 1 fully saturated rings. The average molecular weight is 251 g/mol. The number of hydrogen-bond donors (Lipinski definition) is 0. The topological polar surface area (TPSA) is 20.1 Å². The Labute approximate surface area is 113 Å². The van der Waals surface area contributed by atoms with E-state index in [4.69, 9.17) is 0 Å². The Kier molecular flexibility index (Phi) is 2.96. The van der Waals surface area contributed by atoms with E-state index in [2.05, 4.69) is 36.1 Å². The molecule has 0 radical (unpaired) electrons. The quantitative estimate of drug-likeness (QED) is 0.616. The monoisotopic (exact) mass is 251 g/mol. The fourth-order valence-electron chi connectivity index (χ4n) is 2.62. The van der Waals surface area contributed by atoms with Crippen LogP contribution in [-0.2, 0) is 0 Å². The van der Waals surface area contributed by atoms with E-state index >= 15 is 0 Å². The summed E-state index contributed by atoms with van der Waals surface area (Å²) in [7, 11) is 2.01. The molecular formula is C17H17NO. The van der Waals surface area contributed by atoms with Crippen LogP contribution in [0.25, 0.3) is 0 Å². The summed E-state index contributed by atoms with van der Waals surface area (Å²) >= 11 is 0. The molecule has 1 aliphatic heterocycles. The molecule has 1 saturated heterocycles. The van der Waals surface area contributed by atoms with Gasteiger partial charge in [0.15, 0.2) is 5.78 Å². The number of carbonyl (C=O) groups excluding carboxylic acids is 1. The number of hydrogen-bond acceptors (Lipinski definition) is 2. The van der Waals surface area contributed by atoms with E-state index < -0.39 is 0 Å². The van der Waals surface area contributed by atoms with Gasteiger partial charge in [-0.25, -0.2) is 0 Å². The highest BCUT2D eigenvalue weighted by Gasteiger charge is 2.50. The predicted molar refractivity (Wildman–Crippen MR) is 76.2 cm³/mol. The predicted octanol–water partition coefficient (Wildman–Crippen LogP) is 3.23. The summed E-state index contributed by atoms with van der Waals surface area (Å²) in [5.41, 5.74) is 3.27. The van der Waals surface area contributed by atoms with Crippen LogP contribution in [0.3, 0.4) is 0 Å². The van der Waals surface area contributed by atoms with Crippen molar-refractivity contribution in [2.75, 3.05) is 7.05 Å². The third-order valence-electron chi connectivity index (χ3n) is 3.83. The van der Waals surface area contributed by atoms with Crippen LogP contribution < -0.4 is 0 Å². The summed E-state index contributed by atoms with van der Waals surface area (Å²) in [6.45, 7) is 2.08. The fourth-order valence-corrected chi connectivity index (χ4v) is 2.62. The molecule has 0 saturated carbocycles. The van der Waals surface area contributed by atoms with Crippen molar-refractivity contribution in [3.63, 3.8) is 0 Å². The highest BCUT2D eigenvalue weighted by atomic mass is 16.1. The first kappa shape index (κ1) is 12.1. The normalized spacial score (nSPS) is 25.1. The molecule has 0 bridgehead atoms. The first-order valence-electron chi connectivity index (χ1n) is 6.56. The van der Waals surface area contributed by atoms with Gasteiger partial charge < -0.3 is 0 Å². The number of likely N-dealkylation sites (N-methyl/N-ethyl adjacent to an activating group) is 1. The van der Waals surface area contributed by atoms with Gasteiger partial charge in [0.25, 0.3) is 0 Å². The van der Waals surface area contributed by atoms with E-state index in [1.54, 1.807) is 0 Å². The number of nitrogens with zero attached hydrogens (tertiary/aromatic N) is 1. The molecular weight excluding hydrogens is 234 g/mol. The van der Waals surface area contributed by atoms with Crippen LogP contribution in [0.5, 0.6) is 0 Å². The van der Waals surface area contributed by atoms with E-state index in [-0.39, 0.29) is 17.9 Å². The van der Waals surface area contributed by atoms with Gasteiger partial charge in [-0.1, -0.05) is 60.2 Å². The van der Waals surface area contributed by atoms with Gasteiger partial charge in [0.2, 0.25) is 0 Å². The molecule has 2 aromatic carbocycles. The SMILES string of the molecule is Cc1ccc([C@H]2[C@@H](C(=O)c3ccccc3)N2C)cc1. The zero-order valence-electron chi connectivity index (χ0n) is 11.2. The third-order valence-corrected chi connectivity index (χ3v) is 3.83. The van der Waals surface area contributed by atoms with Crippen LogP contribution in [0, 0.1) is 6.92 Å². The van der Waals surface area contributed by atoms with Crippen LogP contribution in [0.2, 0.25) is 0 Å². The Morgan fingerprint density at radius 3 is 2.26 bits per heavy atom. The molecule has 0 amide bonds. The number of aryl methyl sites for hydroxylation is 1. The van der Waals surface area contributed by atoms with E-state index in [1.807, 2.05) is 37.4 Å². The van der Waals surface area contributed by atoms with Crippen molar-refractivity contribution >= 4 is 5.78 Å². The van der Waals surface area contributed by atoms with Gasteiger partial charge in [-0.3, -0.25) is 9.69 Å². The number of rotatable bonds is 3. The molecule has 0 spiro atoms. The van der Waals surface area contributed by atoms with Crippen molar-refractivity contribution in [1.82, 2.24) is 4.90 Å². The first-order valence-corrected chi connectivity index (χ1v) is 6.56. The lowest BCUT2D eigenvalue weighted by Gasteiger charge is -1.99. The second-order valence-electron chi connectivity index (χ2n) is 5.20. The maximum Gasteiger partial charge on any atom is 0.181 e. The van der Waals surface area contributed by atoms with Gasteiger partial charge in [-0.05, 0) is 19.5 Å². The van der Waals surface area contributed by atoms with Crippen LogP contribution in [0.15, 0.2) is 54.6 Å². The van der Waals surface area contributed by atoms with Gasteiger partial charge in [-0.15, -0.1) is 0 Å². The summed E-state index contributed by atoms with van der Waals surface area (Å²) in [5.74, 6) is 0.216. The molecule has 0 aliphatic carbocycles. The second kappa shape index (κ2) is 4.63. The number of benzene rings is 2. The number of carbonyl (C=O) groups is 1. The molecule has 1 unspecified atom stereocenters. The second-order valence-corrected chi connectivity index (χ2v) is 5.20. The standard InChI is InChI=1S/C17H17NO/c1-12-8-10-13(11-9-12)15-16(18(15)2)17(19)14-6-4-3-5-7-14/h3-11,15-16H,1-2H3/t15-,16-,18?/m0/s1. The molecule has 96 valence electrons. The fraction of sp³-hybridized carbons (Fsp3) is 0.235. The summed E-state index contributed by atoms with van der Waals surface area (Å²) in [5, 5.41) is 0. The highest BCUT2D eigenvalue weighted by Crippen LogP contribution is 2.42. The Morgan fingerprint density at radius 1 is 1.00 bits per heavy atom. The van der Waals surface area contributed by atoms with Gasteiger partial charge >= 0.3 is 0 Å². The van der Waals surface area contributed by atoms with Gasteiger partial charge in [0.05, 0.1) is 12.1 Å². The van der Waals surface area contributed by atoms with Crippen molar-refractivity contribution in [3.05, 3.63) is 71.3 Å². The molecule has 0 N–H and O–H groups in total. The van der Waals surface area contributed by atoms with Crippen molar-refractivity contribution in [2.24, 2.45) is 0 Å². The summed E-state index contributed by atoms with van der Waals surface area (Å²) in [6, 6.07) is 18.2. The van der Waals surface area contributed by atoms with Gasteiger partial charge in [0, 0.05) is 5.56 Å². The van der Waals surface area contributed by atoms with Crippen molar-refractivity contribution in [1.29, 1.82) is 0 Å². The van der Waals surface area contributed by atoms with E-state index in [1.165, 1.54) is 11.1 Å². The molecule has 19 heavy (non-hydrogen) atoms. The summed E-state index contributed by atoms with van der Waals surface area (Å²) in [4.78, 5) is 14.6. The van der Waals surface area contributed by atoms with Crippen molar-refractivity contribution in [2.45, 2.75) is 19.0 Å². The lowest BCUT2D eigenvalue weighted by atomic mass is 10.0. The van der Waals surface area contributed by atoms with Crippen LogP contribution >= 0.6 is 0 Å². The minimum absolute atomic E-state index is 0.00916. The number of Topliss-reactive ketones (excluding diaryl/α,β-unsaturated/α-hetero) is 1. The Morgan fingerprint density at radius 2 is 1.63 bits per heavy atom. The Hall–Kier alpha value is -1.93. The molecule has 2 nitrogen and oxygen atoms in total. The Balaban J connectivity index is 1.81. The smallest absolute Gasteiger partial charge is 0.181 e. The zero-order chi connectivity index (χ0) is 13.4. The lowest BCUT2D eigenvalue weighted by Crippen LogP contribution is -2.11. The van der Waals surface area contributed by atoms with Gasteiger partial charge in [-0.2, -0.15) is 0 Å². The maximum absolute atomic E-state index is 12.4. The van der Waals surface area contributed by atoms with Crippen LogP contribution in [-0.4, -0.2) is 23.8 Å². The molecule has 2 aromatic rings. The van der Waals surface area contributed by atoms with Gasteiger partial charge in [0.1, 0.15) is 0 Å². The first-order chi connectivity index (χ1) is 9.18. The Bertz CT molecular complexity index is 588. The van der Waals surface area contributed by atoms with Crippen LogP contribution in [0.1, 0.15) is 27.5 Å². The molecule has 0 aromatic heterocycles. The molecule has 3 atom stereocenters. The lowest BCUT2D eigenvalue weighted by molar-refractivity contribution is 0.0977. The van der Waals surface area contributed by atoms with E-state index in [9.17, 15) is 4.79 Å². The average Bonchev–Trinajstić information content (AvgIpc) is 3.11. The highest BCUT2D eigenvalue weighted by molar-refractivity contribution is 6.02. The van der Waals surface area contributed by atoms with E-state index in [0.29, 0.717) is 0 Å². The van der Waals surface area contributed by atoms with Crippen molar-refractivity contribution in [3.8, 4) is 0 Å². The summed E-state index contributed by atoms with van der Waals surface area (Å²) < 4.78 is 0. The molecule has 3 rings (SSSR count). The number of ketones is 1. The summed E-state index contributed by atoms with van der Waals surface area (Å²) in [6.07, 6.45) is 0. The third kappa shape index (κ3) is 2.20. The molecule has 2 heteroatoms. The largest absolute Gasteiger partial charge is 0.292 e. The van der Waals surface area contributed by atoms with E-state index in [0.717, 1.165) is 5.56 Å². The minimum Gasteiger partial charge on any atom is -0.292 e. The molecule has 1 aliphatic rings. The zero-order valence-corrected chi connectivity index (χ0v) is 11.2. The molecule has 1 heterocycles. The minimum atomic E-state index is -0.00916. The maximum atomic E-state index is 12.4. The van der Waals surface area contributed by atoms with Crippen molar-refractivity contribution < 1.29 is 4.79 Å².